The van der Waals surface area contributed by atoms with Gasteiger partial charge in [-0.1, -0.05) is 12.1 Å². The minimum Gasteiger partial charge on any atom is -0.497 e. The number of nitrogens with one attached hydrogen (secondary N) is 4. The molecular weight excluding hydrogens is 780 g/mol. The maximum absolute atomic E-state index is 12.7. The number of aromatic amines is 2. The maximum atomic E-state index is 12.7. The number of rotatable bonds is 4. The monoisotopic (exact) mass is 810 g/mol. The summed E-state index contributed by atoms with van der Waals surface area (Å²) >= 11 is 17.5. The first kappa shape index (κ1) is 35.4. The number of para-hydroxylation sites is 2. The van der Waals surface area contributed by atoms with Crippen molar-refractivity contribution in [2.45, 2.75) is 0 Å². The minimum atomic E-state index is -0.153. The van der Waals surface area contributed by atoms with E-state index in [9.17, 15) is 9.59 Å². The normalized spacial score (nSPS) is 12.4. The van der Waals surface area contributed by atoms with Crippen molar-refractivity contribution < 1.29 is 9.47 Å². The van der Waals surface area contributed by atoms with Crippen molar-refractivity contribution in [1.82, 2.24) is 29.7 Å². The fourth-order valence-corrected chi connectivity index (χ4v) is 6.46. The molecule has 7 rings (SSSR count). The Morgan fingerprint density at radius 2 is 0.938 bits per heavy atom. The van der Waals surface area contributed by atoms with E-state index in [0.717, 1.165) is 46.6 Å². The average molecular weight is 813 g/mol. The lowest BCUT2D eigenvalue weighted by molar-refractivity contribution is 0.414. The molecule has 248 valence electrons. The number of aromatic nitrogens is 4. The van der Waals surface area contributed by atoms with Crippen LogP contribution in [0.5, 0.6) is 11.5 Å². The second-order valence-electron chi connectivity index (χ2n) is 10.4. The highest BCUT2D eigenvalue weighted by atomic mass is 79.9. The number of H-pyrrole nitrogens is 2. The minimum absolute atomic E-state index is 0.153. The Kier molecular flexibility index (Phi) is 12.1. The molecule has 48 heavy (non-hydrogen) atoms. The van der Waals surface area contributed by atoms with E-state index in [2.05, 4.69) is 52.5 Å². The lowest BCUT2D eigenvalue weighted by atomic mass is 10.2. The van der Waals surface area contributed by atoms with Crippen molar-refractivity contribution in [2.24, 2.45) is 0 Å². The largest absolute Gasteiger partial charge is 0.497 e. The van der Waals surface area contributed by atoms with E-state index in [1.807, 2.05) is 24.3 Å². The van der Waals surface area contributed by atoms with E-state index in [0.29, 0.717) is 42.7 Å². The standard InChI is InChI=1S/2C15H11BrN2O2S.C4H10N2/c2*1-20-10-7-5-9(6-8-10)18-14(19)11-3-2-4-12(16)13(11)17-15(18)21;1-2-6-4-3-5-1/h2*2-8H,1H3,(H,17,21);5-6H,1-4H2. The Balaban J connectivity index is 0.000000160. The number of methoxy groups -OCH3 is 2. The molecule has 0 unspecified atom stereocenters. The van der Waals surface area contributed by atoms with Crippen molar-refractivity contribution in [2.75, 3.05) is 40.4 Å². The lowest BCUT2D eigenvalue weighted by Gasteiger charge is -2.11. The number of nitrogens with zero attached hydrogens (tertiary/aromatic N) is 2. The summed E-state index contributed by atoms with van der Waals surface area (Å²) in [5.74, 6) is 1.45. The lowest BCUT2D eigenvalue weighted by Crippen LogP contribution is -2.39. The molecule has 0 radical (unpaired) electrons. The predicted octanol–water partition coefficient (Wildman–Crippen LogP) is 6.82. The van der Waals surface area contributed by atoms with Gasteiger partial charge in [0, 0.05) is 35.1 Å². The first-order valence-corrected chi connectivity index (χ1v) is 17.2. The van der Waals surface area contributed by atoms with Crippen LogP contribution in [0.15, 0.2) is 103 Å². The second-order valence-corrected chi connectivity index (χ2v) is 12.8. The fourth-order valence-electron chi connectivity index (χ4n) is 4.94. The Morgan fingerprint density at radius 3 is 1.25 bits per heavy atom. The quantitative estimate of drug-likeness (QED) is 0.144. The van der Waals surface area contributed by atoms with Crippen LogP contribution in [-0.2, 0) is 0 Å². The maximum Gasteiger partial charge on any atom is 0.266 e. The van der Waals surface area contributed by atoms with E-state index in [4.69, 9.17) is 33.9 Å². The molecule has 1 aliphatic rings. The highest BCUT2D eigenvalue weighted by Gasteiger charge is 2.11. The molecule has 1 saturated heterocycles. The van der Waals surface area contributed by atoms with E-state index in [1.165, 1.54) is 9.13 Å². The van der Waals surface area contributed by atoms with Crippen LogP contribution in [0, 0.1) is 9.54 Å². The molecule has 10 nitrogen and oxygen atoms in total. The van der Waals surface area contributed by atoms with Gasteiger partial charge in [-0.25, -0.2) is 0 Å². The number of benzene rings is 4. The Labute approximate surface area is 303 Å². The van der Waals surface area contributed by atoms with Crippen LogP contribution >= 0.6 is 56.3 Å². The van der Waals surface area contributed by atoms with Crippen LogP contribution < -0.4 is 31.2 Å². The first-order chi connectivity index (χ1) is 23.2. The fraction of sp³-hybridized carbons (Fsp3) is 0.176. The third-order valence-corrected chi connectivity index (χ3v) is 9.27. The van der Waals surface area contributed by atoms with Gasteiger partial charge in [-0.15, -0.1) is 0 Å². The van der Waals surface area contributed by atoms with Crippen LogP contribution in [0.4, 0.5) is 0 Å². The highest BCUT2D eigenvalue weighted by Crippen LogP contribution is 2.22. The number of hydrogen-bond acceptors (Lipinski definition) is 8. The zero-order chi connectivity index (χ0) is 34.2. The third-order valence-electron chi connectivity index (χ3n) is 7.38. The number of halogens is 2. The Hall–Kier alpha value is -3.92. The number of hydrogen-bond donors (Lipinski definition) is 4. The van der Waals surface area contributed by atoms with Gasteiger partial charge in [0.2, 0.25) is 0 Å². The zero-order valence-corrected chi connectivity index (χ0v) is 30.8. The van der Waals surface area contributed by atoms with Crippen LogP contribution in [0.1, 0.15) is 0 Å². The molecule has 1 aliphatic heterocycles. The summed E-state index contributed by atoms with van der Waals surface area (Å²) < 4.78 is 15.5. The molecule has 0 amide bonds. The van der Waals surface area contributed by atoms with Crippen LogP contribution in [-0.4, -0.2) is 59.5 Å². The van der Waals surface area contributed by atoms with E-state index in [-0.39, 0.29) is 11.1 Å². The van der Waals surface area contributed by atoms with Crippen molar-refractivity contribution in [3.63, 3.8) is 0 Å². The van der Waals surface area contributed by atoms with Crippen molar-refractivity contribution >= 4 is 78.1 Å². The number of fused-ring (bicyclic) bond motifs is 2. The van der Waals surface area contributed by atoms with Gasteiger partial charge in [-0.3, -0.25) is 18.7 Å². The van der Waals surface area contributed by atoms with Gasteiger partial charge in [0.1, 0.15) is 11.5 Å². The molecular formula is C34H32Br2N6O4S2. The smallest absolute Gasteiger partial charge is 0.266 e. The van der Waals surface area contributed by atoms with E-state index < -0.39 is 0 Å². The van der Waals surface area contributed by atoms with E-state index in [1.54, 1.807) is 74.9 Å². The predicted molar refractivity (Wildman–Crippen MR) is 204 cm³/mol. The molecule has 0 spiro atoms. The number of ether oxygens (including phenoxy) is 2. The van der Waals surface area contributed by atoms with Crippen molar-refractivity contribution in [3.05, 3.63) is 124 Å². The Morgan fingerprint density at radius 1 is 0.583 bits per heavy atom. The molecule has 4 aromatic carbocycles. The van der Waals surface area contributed by atoms with Crippen molar-refractivity contribution in [1.29, 1.82) is 0 Å². The third kappa shape index (κ3) is 8.02. The molecule has 0 aliphatic carbocycles. The van der Waals surface area contributed by atoms with Crippen LogP contribution in [0.25, 0.3) is 33.2 Å². The first-order valence-electron chi connectivity index (χ1n) is 14.8. The number of piperazine rings is 1. The van der Waals surface area contributed by atoms with Crippen LogP contribution in [0.2, 0.25) is 0 Å². The molecule has 3 heterocycles. The van der Waals surface area contributed by atoms with Crippen LogP contribution in [0.3, 0.4) is 0 Å². The molecule has 0 saturated carbocycles. The summed E-state index contributed by atoms with van der Waals surface area (Å²) in [7, 11) is 3.20. The Bertz CT molecular complexity index is 2110. The van der Waals surface area contributed by atoms with Gasteiger partial charge >= 0.3 is 0 Å². The molecule has 0 bridgehead atoms. The van der Waals surface area contributed by atoms with Gasteiger partial charge in [0.05, 0.1) is 47.4 Å². The summed E-state index contributed by atoms with van der Waals surface area (Å²) in [5, 5.41) is 7.60. The highest BCUT2D eigenvalue weighted by molar-refractivity contribution is 9.11. The summed E-state index contributed by atoms with van der Waals surface area (Å²) in [4.78, 5) is 31.5. The summed E-state index contributed by atoms with van der Waals surface area (Å²) in [6.07, 6.45) is 0. The summed E-state index contributed by atoms with van der Waals surface area (Å²) in [5.41, 5.74) is 2.50. The molecule has 2 aromatic heterocycles. The van der Waals surface area contributed by atoms with Gasteiger partial charge in [0.25, 0.3) is 11.1 Å². The topological polar surface area (TPSA) is 118 Å². The summed E-state index contributed by atoms with van der Waals surface area (Å²) in [6, 6.07) is 25.3. The second kappa shape index (κ2) is 16.5. The summed E-state index contributed by atoms with van der Waals surface area (Å²) in [6.45, 7) is 4.56. The van der Waals surface area contributed by atoms with Crippen molar-refractivity contribution in [3.8, 4) is 22.9 Å². The van der Waals surface area contributed by atoms with Gasteiger partial charge in [-0.2, -0.15) is 0 Å². The van der Waals surface area contributed by atoms with E-state index >= 15 is 0 Å². The molecule has 6 aromatic rings. The molecule has 1 fully saturated rings. The van der Waals surface area contributed by atoms with Gasteiger partial charge in [-0.05, 0) is 129 Å². The van der Waals surface area contributed by atoms with Gasteiger partial charge in [0.15, 0.2) is 9.54 Å². The van der Waals surface area contributed by atoms with Gasteiger partial charge < -0.3 is 30.1 Å². The zero-order valence-electron chi connectivity index (χ0n) is 26.0. The molecule has 4 N–H and O–H groups in total. The average Bonchev–Trinajstić information content (AvgIpc) is 3.11. The SMILES string of the molecule is C1CNCCN1.COc1ccc(-n2c(=S)[nH]c3c(Br)cccc3c2=O)cc1.COc1ccc(-n2c(=S)[nH]c3c(Br)cccc3c2=O)cc1. The molecule has 0 atom stereocenters. The molecule has 14 heteroatoms.